The summed E-state index contributed by atoms with van der Waals surface area (Å²) in [6, 6.07) is 12.9. The normalized spacial score (nSPS) is 20.7. The lowest BCUT2D eigenvalue weighted by Gasteiger charge is -2.32. The van der Waals surface area contributed by atoms with Gasteiger partial charge in [-0.05, 0) is 178 Å². The zero-order valence-corrected chi connectivity index (χ0v) is 35.5. The molecule has 288 valence electrons. The smallest absolute Gasteiger partial charge is 0.121 e. The van der Waals surface area contributed by atoms with Gasteiger partial charge in [-0.25, -0.2) is 0 Å². The van der Waals surface area contributed by atoms with Crippen molar-refractivity contribution in [1.82, 2.24) is 0 Å². The number of rotatable bonds is 2. The summed E-state index contributed by atoms with van der Waals surface area (Å²) in [5, 5.41) is 42.9. The van der Waals surface area contributed by atoms with Gasteiger partial charge in [-0.1, -0.05) is 93.5 Å². The van der Waals surface area contributed by atoms with Crippen molar-refractivity contribution in [3.05, 3.63) is 114 Å². The Hall–Kier alpha value is -3.92. The fraction of sp³-hybridized carbons (Fsp3) is 0.520. The van der Waals surface area contributed by atoms with E-state index < -0.39 is 0 Å². The lowest BCUT2D eigenvalue weighted by Crippen LogP contribution is -2.28. The molecule has 4 aliphatic rings. The first-order valence-corrected chi connectivity index (χ1v) is 20.3. The molecule has 0 aliphatic heterocycles. The van der Waals surface area contributed by atoms with E-state index in [0.717, 1.165) is 71.9 Å². The quantitative estimate of drug-likeness (QED) is 0.166. The lowest BCUT2D eigenvalue weighted by atomic mass is 9.70. The predicted molar refractivity (Wildman–Crippen MR) is 222 cm³/mol. The van der Waals surface area contributed by atoms with Crippen LogP contribution in [0.3, 0.4) is 0 Å². The molecule has 0 fully saturated rings. The topological polar surface area (TPSA) is 80.9 Å². The van der Waals surface area contributed by atoms with E-state index in [2.05, 4.69) is 107 Å². The van der Waals surface area contributed by atoms with Gasteiger partial charge in [0.15, 0.2) is 0 Å². The third-order valence-electron chi connectivity index (χ3n) is 14.5. The van der Waals surface area contributed by atoms with Crippen LogP contribution in [0.5, 0.6) is 23.0 Å². The van der Waals surface area contributed by atoms with Crippen molar-refractivity contribution >= 4 is 0 Å². The molecule has 0 saturated heterocycles. The number of benzene rings is 4. The SMILES string of the molecule is CCc1cc2c(cc1O)C1(CC2(C)C)CC(C)(C)c2cc(CC)c(O)cc21.Cc1cc2c(c(C)c1O)C1(CC2(C)C)CC(C)(C)c2cc(C)c(O)c(C)c21. The van der Waals surface area contributed by atoms with Crippen LogP contribution in [-0.2, 0) is 45.3 Å². The second-order valence-electron chi connectivity index (χ2n) is 20.3. The van der Waals surface area contributed by atoms with Gasteiger partial charge in [-0.3, -0.25) is 0 Å². The summed E-state index contributed by atoms with van der Waals surface area (Å²) < 4.78 is 0. The molecule has 4 N–H and O–H groups in total. The molecule has 2 spiro atoms. The molecule has 4 aliphatic carbocycles. The molecule has 0 bridgehead atoms. The Morgan fingerprint density at radius 1 is 0.426 bits per heavy atom. The highest BCUT2D eigenvalue weighted by atomic mass is 16.3. The summed E-state index contributed by atoms with van der Waals surface area (Å²) in [7, 11) is 0. The fourth-order valence-corrected chi connectivity index (χ4v) is 12.5. The average molecular weight is 729 g/mol. The molecule has 0 atom stereocenters. The maximum atomic E-state index is 10.8. The van der Waals surface area contributed by atoms with E-state index >= 15 is 0 Å². The highest BCUT2D eigenvalue weighted by Crippen LogP contribution is 2.66. The van der Waals surface area contributed by atoms with E-state index in [4.69, 9.17) is 0 Å². The van der Waals surface area contributed by atoms with E-state index in [9.17, 15) is 20.4 Å². The maximum absolute atomic E-state index is 10.8. The Morgan fingerprint density at radius 2 is 0.741 bits per heavy atom. The molecule has 0 saturated carbocycles. The lowest BCUT2D eigenvalue weighted by molar-refractivity contribution is 0.347. The van der Waals surface area contributed by atoms with Gasteiger partial charge in [0, 0.05) is 10.8 Å². The Balaban J connectivity index is 0.000000167. The Labute approximate surface area is 324 Å². The first kappa shape index (κ1) is 38.4. The Morgan fingerprint density at radius 3 is 1.07 bits per heavy atom. The number of phenolic OH excluding ortho intramolecular Hbond substituents is 4. The minimum Gasteiger partial charge on any atom is -0.508 e. The van der Waals surface area contributed by atoms with Crippen LogP contribution in [0.2, 0.25) is 0 Å². The number of fused-ring (bicyclic) bond motifs is 8. The van der Waals surface area contributed by atoms with Crippen LogP contribution < -0.4 is 0 Å². The Bertz CT molecular complexity index is 2090. The molecule has 0 radical (unpaired) electrons. The number of hydrogen-bond acceptors (Lipinski definition) is 4. The van der Waals surface area contributed by atoms with Crippen LogP contribution in [0, 0.1) is 27.7 Å². The molecule has 4 aromatic rings. The van der Waals surface area contributed by atoms with E-state index in [1.807, 2.05) is 26.0 Å². The van der Waals surface area contributed by atoms with Crippen LogP contribution in [0.4, 0.5) is 0 Å². The summed E-state index contributed by atoms with van der Waals surface area (Å²) in [5.74, 6) is 1.67. The van der Waals surface area contributed by atoms with Gasteiger partial charge >= 0.3 is 0 Å². The molecular formula is C50H64O4. The van der Waals surface area contributed by atoms with Crippen molar-refractivity contribution in [3.8, 4) is 23.0 Å². The standard InChI is InChI=1S/2C25H32O2/c1-13-9-17-19(15(3)21(13)26)25(11-23(17,5)6)12-24(7,8)18-10-14(2)22(27)16(4)20(18)25;1-7-15-9-17-19(11-21(15)26)25(13-23(17,3)4)14-24(5,6)18-10-16(8-2)22(27)12-20(18)25/h9-10,26-27H,11-12H2,1-8H3;9-12,26-27H,7-8,13-14H2,1-6H3. The van der Waals surface area contributed by atoms with Crippen LogP contribution in [-0.4, -0.2) is 20.4 Å². The van der Waals surface area contributed by atoms with Gasteiger partial charge in [0.05, 0.1) is 0 Å². The van der Waals surface area contributed by atoms with E-state index in [-0.39, 0.29) is 32.5 Å². The minimum absolute atomic E-state index is 0.0309. The van der Waals surface area contributed by atoms with Crippen LogP contribution in [0.15, 0.2) is 36.4 Å². The predicted octanol–water partition coefficient (Wildman–Crippen LogP) is 11.9. The van der Waals surface area contributed by atoms with Crippen LogP contribution in [0.1, 0.15) is 173 Å². The molecular weight excluding hydrogens is 665 g/mol. The van der Waals surface area contributed by atoms with Crippen LogP contribution in [0.25, 0.3) is 0 Å². The van der Waals surface area contributed by atoms with Gasteiger partial charge in [-0.2, -0.15) is 0 Å². The summed E-state index contributed by atoms with van der Waals surface area (Å²) in [6.45, 7) is 30.9. The molecule has 0 amide bonds. The fourth-order valence-electron chi connectivity index (χ4n) is 12.5. The number of hydrogen-bond donors (Lipinski definition) is 4. The van der Waals surface area contributed by atoms with Crippen LogP contribution >= 0.6 is 0 Å². The molecule has 4 nitrogen and oxygen atoms in total. The molecule has 0 heterocycles. The highest BCUT2D eigenvalue weighted by Gasteiger charge is 2.59. The Kier molecular flexibility index (Phi) is 8.38. The van der Waals surface area contributed by atoms with Gasteiger partial charge in [-0.15, -0.1) is 0 Å². The highest BCUT2D eigenvalue weighted by molar-refractivity contribution is 5.69. The van der Waals surface area contributed by atoms with E-state index in [1.54, 1.807) is 0 Å². The maximum Gasteiger partial charge on any atom is 0.121 e. The zero-order chi connectivity index (χ0) is 39.9. The number of aryl methyl sites for hydroxylation is 4. The van der Waals surface area contributed by atoms with Crippen molar-refractivity contribution in [2.24, 2.45) is 0 Å². The molecule has 4 heteroatoms. The van der Waals surface area contributed by atoms with Gasteiger partial charge in [0.1, 0.15) is 23.0 Å². The average Bonchev–Trinajstić information content (AvgIpc) is 3.61. The molecule has 0 aromatic heterocycles. The first-order chi connectivity index (χ1) is 24.9. The van der Waals surface area contributed by atoms with Crippen molar-refractivity contribution in [1.29, 1.82) is 0 Å². The van der Waals surface area contributed by atoms with Crippen molar-refractivity contribution in [2.45, 2.75) is 168 Å². The first-order valence-electron chi connectivity index (χ1n) is 20.3. The summed E-state index contributed by atoms with van der Waals surface area (Å²) in [6.07, 6.45) is 5.74. The third-order valence-corrected chi connectivity index (χ3v) is 14.5. The number of aromatic hydroxyl groups is 4. The summed E-state index contributed by atoms with van der Waals surface area (Å²) in [4.78, 5) is 0. The summed E-state index contributed by atoms with van der Waals surface area (Å²) >= 11 is 0. The molecule has 8 rings (SSSR count). The van der Waals surface area contributed by atoms with E-state index in [1.165, 1.54) is 44.5 Å². The van der Waals surface area contributed by atoms with Gasteiger partial charge in [0.2, 0.25) is 0 Å². The van der Waals surface area contributed by atoms with Crippen molar-refractivity contribution < 1.29 is 20.4 Å². The second kappa shape index (κ2) is 11.8. The molecule has 4 aromatic carbocycles. The monoisotopic (exact) mass is 728 g/mol. The largest absolute Gasteiger partial charge is 0.508 e. The summed E-state index contributed by atoms with van der Waals surface area (Å²) in [5.41, 5.74) is 16.4. The second-order valence-corrected chi connectivity index (χ2v) is 20.3. The van der Waals surface area contributed by atoms with E-state index in [0.29, 0.717) is 23.0 Å². The molecule has 54 heavy (non-hydrogen) atoms. The zero-order valence-electron chi connectivity index (χ0n) is 35.5. The third kappa shape index (κ3) is 5.13. The number of phenols is 4. The van der Waals surface area contributed by atoms with Gasteiger partial charge < -0.3 is 20.4 Å². The molecule has 0 unspecified atom stereocenters. The minimum atomic E-state index is -0.151. The van der Waals surface area contributed by atoms with Crippen molar-refractivity contribution in [2.75, 3.05) is 0 Å². The van der Waals surface area contributed by atoms with Gasteiger partial charge in [0.25, 0.3) is 0 Å². The van der Waals surface area contributed by atoms with Crippen molar-refractivity contribution in [3.63, 3.8) is 0 Å².